The molecule has 0 bridgehead atoms. The monoisotopic (exact) mass is 419 g/mol. The van der Waals surface area contributed by atoms with Crippen LogP contribution in [0.5, 0.6) is 0 Å². The number of hydrogen-bond donors (Lipinski definition) is 1. The van der Waals surface area contributed by atoms with Crippen LogP contribution in [0.25, 0.3) is 27.6 Å². The Balaban J connectivity index is 1.40. The molecule has 0 aliphatic rings. The summed E-state index contributed by atoms with van der Waals surface area (Å²) < 4.78 is 15.1. The number of nitrogens with one attached hydrogen (secondary N) is 1. The Kier molecular flexibility index (Phi) is 4.52. The largest absolute Gasteiger partial charge is 0.308 e. The van der Waals surface area contributed by atoms with E-state index >= 15 is 0 Å². The van der Waals surface area contributed by atoms with E-state index in [4.69, 9.17) is 0 Å². The van der Waals surface area contributed by atoms with Crippen molar-refractivity contribution in [2.45, 2.75) is 6.54 Å². The number of hydrogen-bond acceptors (Lipinski definition) is 6. The van der Waals surface area contributed by atoms with Crippen molar-refractivity contribution >= 4 is 28.0 Å². The molecule has 1 amide bonds. The molecular weight excluding hydrogens is 405 g/mol. The van der Waals surface area contributed by atoms with Crippen LogP contribution in [0.3, 0.4) is 0 Å². The number of tetrazole rings is 1. The Morgan fingerprint density at radius 1 is 1.07 bits per heavy atom. The molecule has 0 aliphatic carbocycles. The Morgan fingerprint density at radius 2 is 1.87 bits per heavy atom. The van der Waals surface area contributed by atoms with E-state index in [1.807, 2.05) is 41.9 Å². The summed E-state index contributed by atoms with van der Waals surface area (Å²) >= 11 is 1.44. The van der Waals surface area contributed by atoms with E-state index in [0.29, 0.717) is 22.9 Å². The van der Waals surface area contributed by atoms with E-state index < -0.39 is 0 Å². The number of thiazole rings is 1. The van der Waals surface area contributed by atoms with E-state index in [0.717, 1.165) is 10.5 Å². The quantitative estimate of drug-likeness (QED) is 0.471. The minimum absolute atomic E-state index is 0.111. The topological polar surface area (TPSA) is 90.0 Å². The summed E-state index contributed by atoms with van der Waals surface area (Å²) in [6.07, 6.45) is 1.82. The van der Waals surface area contributed by atoms with Gasteiger partial charge in [0.15, 0.2) is 4.96 Å². The second kappa shape index (κ2) is 7.48. The van der Waals surface area contributed by atoms with Crippen LogP contribution in [0, 0.1) is 5.82 Å². The molecule has 0 radical (unpaired) electrons. The van der Waals surface area contributed by atoms with E-state index in [2.05, 4.69) is 25.7 Å². The molecule has 0 saturated heterocycles. The van der Waals surface area contributed by atoms with Gasteiger partial charge >= 0.3 is 0 Å². The third-order valence-corrected chi connectivity index (χ3v) is 5.16. The molecule has 5 rings (SSSR count). The number of fused-ring (bicyclic) bond motifs is 1. The van der Waals surface area contributed by atoms with Crippen LogP contribution in [0.4, 0.5) is 10.2 Å². The Hall–Kier alpha value is -3.92. The van der Waals surface area contributed by atoms with Crippen molar-refractivity contribution in [3.8, 4) is 22.6 Å². The fourth-order valence-corrected chi connectivity index (χ4v) is 3.74. The highest BCUT2D eigenvalue weighted by Crippen LogP contribution is 2.30. The van der Waals surface area contributed by atoms with E-state index in [9.17, 15) is 9.18 Å². The van der Waals surface area contributed by atoms with Gasteiger partial charge in [-0.15, -0.1) is 21.5 Å². The predicted octanol–water partition coefficient (Wildman–Crippen LogP) is 3.49. The van der Waals surface area contributed by atoms with Crippen LogP contribution in [-0.4, -0.2) is 35.5 Å². The minimum atomic E-state index is -0.336. The first-order valence-electron chi connectivity index (χ1n) is 9.02. The van der Waals surface area contributed by atoms with Gasteiger partial charge in [0.2, 0.25) is 11.7 Å². The third-order valence-electron chi connectivity index (χ3n) is 4.41. The first kappa shape index (κ1) is 18.1. The van der Waals surface area contributed by atoms with Crippen LogP contribution in [-0.2, 0) is 11.3 Å². The molecule has 1 N–H and O–H groups in total. The highest BCUT2D eigenvalue weighted by Gasteiger charge is 2.18. The van der Waals surface area contributed by atoms with Crippen LogP contribution >= 0.6 is 11.3 Å². The standard InChI is InChI=1S/C20H14FN7OS/c21-15-8-6-13(7-9-15)17-19(27-10-11-30-20(27)23-17)22-16(29)12-28-25-18(24-26-28)14-4-2-1-3-5-14/h1-11H,12H2,(H,22,29). The molecule has 3 aromatic heterocycles. The number of amides is 1. The zero-order valence-corrected chi connectivity index (χ0v) is 16.3. The molecular formula is C20H14FN7OS. The number of aromatic nitrogens is 6. The number of rotatable bonds is 5. The zero-order chi connectivity index (χ0) is 20.5. The van der Waals surface area contributed by atoms with Gasteiger partial charge in [0, 0.05) is 22.7 Å². The average Bonchev–Trinajstić information content (AvgIpc) is 3.47. The summed E-state index contributed by atoms with van der Waals surface area (Å²) in [5.41, 5.74) is 2.08. The molecule has 0 atom stereocenters. The molecule has 0 fully saturated rings. The molecule has 8 nitrogen and oxygen atoms in total. The van der Waals surface area contributed by atoms with E-state index in [-0.39, 0.29) is 18.3 Å². The molecule has 3 heterocycles. The molecule has 2 aromatic carbocycles. The lowest BCUT2D eigenvalue weighted by atomic mass is 10.1. The van der Waals surface area contributed by atoms with Gasteiger partial charge in [0.25, 0.3) is 0 Å². The lowest BCUT2D eigenvalue weighted by Gasteiger charge is -2.06. The maximum Gasteiger partial charge on any atom is 0.249 e. The van der Waals surface area contributed by atoms with Crippen molar-refractivity contribution in [3.63, 3.8) is 0 Å². The lowest BCUT2D eigenvalue weighted by molar-refractivity contribution is -0.117. The highest BCUT2D eigenvalue weighted by atomic mass is 32.1. The molecule has 0 spiro atoms. The Labute approximate surface area is 173 Å². The number of benzene rings is 2. The fraction of sp³-hybridized carbons (Fsp3) is 0.0500. The SMILES string of the molecule is O=C(Cn1nnc(-c2ccccc2)n1)Nc1c(-c2ccc(F)cc2)nc2sccn12. The molecule has 0 unspecified atom stereocenters. The van der Waals surface area contributed by atoms with Crippen LogP contribution in [0.15, 0.2) is 66.2 Å². The van der Waals surface area contributed by atoms with Crippen molar-refractivity contribution in [1.82, 2.24) is 29.6 Å². The number of halogens is 1. The summed E-state index contributed by atoms with van der Waals surface area (Å²) in [6, 6.07) is 15.4. The zero-order valence-electron chi connectivity index (χ0n) is 15.4. The molecule has 148 valence electrons. The van der Waals surface area contributed by atoms with Crippen LogP contribution in [0.2, 0.25) is 0 Å². The van der Waals surface area contributed by atoms with Gasteiger partial charge in [0.1, 0.15) is 23.9 Å². The first-order valence-corrected chi connectivity index (χ1v) is 9.90. The van der Waals surface area contributed by atoms with Crippen molar-refractivity contribution in [2.24, 2.45) is 0 Å². The van der Waals surface area contributed by atoms with Gasteiger partial charge in [-0.05, 0) is 29.5 Å². The van der Waals surface area contributed by atoms with Crippen molar-refractivity contribution in [2.75, 3.05) is 5.32 Å². The smallest absolute Gasteiger partial charge is 0.249 e. The summed E-state index contributed by atoms with van der Waals surface area (Å²) in [6.45, 7) is -0.111. The van der Waals surface area contributed by atoms with Crippen molar-refractivity contribution < 1.29 is 9.18 Å². The first-order chi connectivity index (χ1) is 14.7. The van der Waals surface area contributed by atoms with Gasteiger partial charge in [0.05, 0.1) is 0 Å². The maximum absolute atomic E-state index is 13.3. The minimum Gasteiger partial charge on any atom is -0.308 e. The molecule has 10 heteroatoms. The van der Waals surface area contributed by atoms with Gasteiger partial charge in [-0.2, -0.15) is 4.80 Å². The second-order valence-corrected chi connectivity index (χ2v) is 7.30. The number of carbonyl (C=O) groups is 1. The second-order valence-electron chi connectivity index (χ2n) is 6.43. The van der Waals surface area contributed by atoms with Crippen molar-refractivity contribution in [3.05, 3.63) is 72.0 Å². The van der Waals surface area contributed by atoms with E-state index in [1.165, 1.54) is 28.3 Å². The lowest BCUT2D eigenvalue weighted by Crippen LogP contribution is -2.21. The molecule has 0 aliphatic heterocycles. The summed E-state index contributed by atoms with van der Waals surface area (Å²) in [5.74, 6) is 0.284. The Morgan fingerprint density at radius 3 is 2.67 bits per heavy atom. The average molecular weight is 419 g/mol. The molecule has 5 aromatic rings. The third kappa shape index (κ3) is 3.44. The van der Waals surface area contributed by atoms with E-state index in [1.54, 1.807) is 16.5 Å². The summed E-state index contributed by atoms with van der Waals surface area (Å²) in [7, 11) is 0. The van der Waals surface area contributed by atoms with Gasteiger partial charge in [-0.1, -0.05) is 30.3 Å². The van der Waals surface area contributed by atoms with Crippen LogP contribution in [0.1, 0.15) is 0 Å². The van der Waals surface area contributed by atoms with Crippen molar-refractivity contribution in [1.29, 1.82) is 0 Å². The maximum atomic E-state index is 13.3. The Bertz CT molecular complexity index is 1320. The number of nitrogens with zero attached hydrogens (tertiary/aromatic N) is 6. The number of imidazole rings is 1. The van der Waals surface area contributed by atoms with Crippen LogP contribution < -0.4 is 5.32 Å². The van der Waals surface area contributed by atoms with Gasteiger partial charge < -0.3 is 5.32 Å². The summed E-state index contributed by atoms with van der Waals surface area (Å²) in [4.78, 5) is 19.2. The molecule has 0 saturated carbocycles. The van der Waals surface area contributed by atoms with Gasteiger partial charge in [-0.3, -0.25) is 9.20 Å². The predicted molar refractivity (Wildman–Crippen MR) is 110 cm³/mol. The number of carbonyl (C=O) groups excluding carboxylic acids is 1. The molecule has 30 heavy (non-hydrogen) atoms. The fourth-order valence-electron chi connectivity index (χ4n) is 3.03. The normalized spacial score (nSPS) is 11.1. The van der Waals surface area contributed by atoms with Gasteiger partial charge in [-0.25, -0.2) is 9.37 Å². The summed E-state index contributed by atoms with van der Waals surface area (Å²) in [5, 5.41) is 17.0. The number of anilines is 1. The highest BCUT2D eigenvalue weighted by molar-refractivity contribution is 7.15.